The third-order valence-corrected chi connectivity index (χ3v) is 2.25. The van der Waals surface area contributed by atoms with Gasteiger partial charge in [0, 0.05) is 6.08 Å². The van der Waals surface area contributed by atoms with Crippen molar-refractivity contribution in [3.05, 3.63) is 47.5 Å². The predicted molar refractivity (Wildman–Crippen MR) is 57.1 cm³/mol. The molecule has 0 bridgehead atoms. The second-order valence-electron chi connectivity index (χ2n) is 3.47. The van der Waals surface area contributed by atoms with E-state index >= 15 is 0 Å². The molecule has 1 aliphatic heterocycles. The van der Waals surface area contributed by atoms with E-state index in [1.165, 1.54) is 11.1 Å². The summed E-state index contributed by atoms with van der Waals surface area (Å²) in [4.78, 5) is 16.7. The Balaban J connectivity index is 1.87. The molecule has 0 aliphatic carbocycles. The van der Waals surface area contributed by atoms with Crippen LogP contribution in [0.1, 0.15) is 10.4 Å². The largest absolute Gasteiger partial charge is 0.363 e. The number of carbonyl (C=O) groups is 1. The number of hydrogen-bond acceptors (Lipinski definition) is 4. The molecule has 4 nitrogen and oxygen atoms in total. The van der Waals surface area contributed by atoms with Crippen LogP contribution in [0.15, 0.2) is 42.0 Å². The summed E-state index contributed by atoms with van der Waals surface area (Å²) in [5.74, 6) is -0.364. The van der Waals surface area contributed by atoms with Crippen molar-refractivity contribution >= 4 is 5.97 Å². The van der Waals surface area contributed by atoms with Crippen LogP contribution in [0.5, 0.6) is 0 Å². The number of rotatable bonds is 2. The van der Waals surface area contributed by atoms with Gasteiger partial charge in [0.05, 0.1) is 24.7 Å². The first-order valence-electron chi connectivity index (χ1n) is 4.89. The minimum Gasteiger partial charge on any atom is -0.363 e. The lowest BCUT2D eigenvalue weighted by Crippen LogP contribution is -2.41. The number of carbonyl (C=O) groups excluding carboxylic acids is 1. The SMILES string of the molecule is N#CC=C1CN(OC(=O)c2ccccc2)C1. The van der Waals surface area contributed by atoms with Crippen LogP contribution in [-0.4, -0.2) is 24.1 Å². The lowest BCUT2D eigenvalue weighted by atomic mass is 10.1. The van der Waals surface area contributed by atoms with Crippen molar-refractivity contribution in [3.8, 4) is 6.07 Å². The van der Waals surface area contributed by atoms with Crippen molar-refractivity contribution in [1.82, 2.24) is 5.06 Å². The lowest BCUT2D eigenvalue weighted by Gasteiger charge is -2.31. The quantitative estimate of drug-likeness (QED) is 0.700. The minimum absolute atomic E-state index is 0.364. The van der Waals surface area contributed by atoms with E-state index in [4.69, 9.17) is 10.1 Å². The fourth-order valence-corrected chi connectivity index (χ4v) is 1.40. The number of benzene rings is 1. The summed E-state index contributed by atoms with van der Waals surface area (Å²) in [5.41, 5.74) is 1.50. The third-order valence-electron chi connectivity index (χ3n) is 2.25. The molecule has 1 saturated heterocycles. The highest BCUT2D eigenvalue weighted by molar-refractivity contribution is 5.89. The first-order chi connectivity index (χ1) is 7.79. The van der Waals surface area contributed by atoms with Gasteiger partial charge in [-0.2, -0.15) is 5.26 Å². The Bertz CT molecular complexity index is 452. The van der Waals surface area contributed by atoms with Gasteiger partial charge in [0.1, 0.15) is 0 Å². The molecule has 0 saturated carbocycles. The Morgan fingerprint density at radius 2 is 2.06 bits per heavy atom. The standard InChI is InChI=1S/C12H10N2O2/c13-7-6-10-8-14(9-10)16-12(15)11-4-2-1-3-5-11/h1-6H,8-9H2. The van der Waals surface area contributed by atoms with Crippen LogP contribution in [0.2, 0.25) is 0 Å². The average molecular weight is 214 g/mol. The van der Waals surface area contributed by atoms with Gasteiger partial charge in [0.25, 0.3) is 0 Å². The maximum atomic E-state index is 11.6. The van der Waals surface area contributed by atoms with Crippen molar-refractivity contribution in [2.45, 2.75) is 0 Å². The van der Waals surface area contributed by atoms with Crippen LogP contribution in [-0.2, 0) is 4.84 Å². The molecule has 1 aliphatic rings. The minimum atomic E-state index is -0.364. The Morgan fingerprint density at radius 1 is 1.38 bits per heavy atom. The lowest BCUT2D eigenvalue weighted by molar-refractivity contribution is -0.123. The summed E-state index contributed by atoms with van der Waals surface area (Å²) in [5, 5.41) is 9.92. The van der Waals surface area contributed by atoms with E-state index in [-0.39, 0.29) is 5.97 Å². The van der Waals surface area contributed by atoms with Crippen molar-refractivity contribution < 1.29 is 9.63 Å². The van der Waals surface area contributed by atoms with Gasteiger partial charge < -0.3 is 4.84 Å². The zero-order valence-electron chi connectivity index (χ0n) is 8.59. The van der Waals surface area contributed by atoms with Gasteiger partial charge in [-0.25, -0.2) is 4.79 Å². The van der Waals surface area contributed by atoms with Crippen LogP contribution in [0.3, 0.4) is 0 Å². The van der Waals surface area contributed by atoms with Crippen LogP contribution < -0.4 is 0 Å². The zero-order chi connectivity index (χ0) is 11.4. The smallest absolute Gasteiger partial charge is 0.357 e. The zero-order valence-corrected chi connectivity index (χ0v) is 8.59. The Hall–Kier alpha value is -2.12. The van der Waals surface area contributed by atoms with Crippen molar-refractivity contribution in [1.29, 1.82) is 5.26 Å². The molecular weight excluding hydrogens is 204 g/mol. The molecule has 0 N–H and O–H groups in total. The molecule has 2 rings (SSSR count). The van der Waals surface area contributed by atoms with Crippen molar-refractivity contribution in [2.24, 2.45) is 0 Å². The van der Waals surface area contributed by atoms with Crippen molar-refractivity contribution in [3.63, 3.8) is 0 Å². The monoisotopic (exact) mass is 214 g/mol. The van der Waals surface area contributed by atoms with Gasteiger partial charge in [-0.15, -0.1) is 5.06 Å². The van der Waals surface area contributed by atoms with E-state index in [0.29, 0.717) is 18.7 Å². The van der Waals surface area contributed by atoms with E-state index in [9.17, 15) is 4.79 Å². The van der Waals surface area contributed by atoms with Gasteiger partial charge in [0.2, 0.25) is 0 Å². The number of hydroxylamine groups is 2. The normalized spacial score (nSPS) is 14.8. The summed E-state index contributed by atoms with van der Waals surface area (Å²) >= 11 is 0. The molecule has 0 spiro atoms. The molecule has 0 unspecified atom stereocenters. The maximum Gasteiger partial charge on any atom is 0.357 e. The van der Waals surface area contributed by atoms with Gasteiger partial charge in [-0.1, -0.05) is 18.2 Å². The topological polar surface area (TPSA) is 53.3 Å². The Kier molecular flexibility index (Phi) is 2.99. The van der Waals surface area contributed by atoms with E-state index in [2.05, 4.69) is 0 Å². The highest BCUT2D eigenvalue weighted by atomic mass is 16.7. The Labute approximate surface area is 93.3 Å². The molecule has 1 aromatic carbocycles. The maximum absolute atomic E-state index is 11.6. The van der Waals surface area contributed by atoms with Gasteiger partial charge in [-0.05, 0) is 17.7 Å². The first-order valence-corrected chi connectivity index (χ1v) is 4.89. The summed E-state index contributed by atoms with van der Waals surface area (Å²) in [7, 11) is 0. The fraction of sp³-hybridized carbons (Fsp3) is 0.167. The average Bonchev–Trinajstić information content (AvgIpc) is 2.27. The van der Waals surface area contributed by atoms with E-state index in [0.717, 1.165) is 5.57 Å². The molecule has 16 heavy (non-hydrogen) atoms. The van der Waals surface area contributed by atoms with Crippen LogP contribution >= 0.6 is 0 Å². The first kappa shape index (κ1) is 10.4. The van der Waals surface area contributed by atoms with Crippen LogP contribution in [0.4, 0.5) is 0 Å². The third kappa shape index (κ3) is 2.27. The van der Waals surface area contributed by atoms with Crippen molar-refractivity contribution in [2.75, 3.05) is 13.1 Å². The molecule has 4 heteroatoms. The molecule has 0 radical (unpaired) electrons. The molecule has 1 fully saturated rings. The van der Waals surface area contributed by atoms with E-state index in [1.54, 1.807) is 24.3 Å². The van der Waals surface area contributed by atoms with Gasteiger partial charge >= 0.3 is 5.97 Å². The molecular formula is C12H10N2O2. The Morgan fingerprint density at radius 3 is 2.69 bits per heavy atom. The van der Waals surface area contributed by atoms with Gasteiger partial charge in [0.15, 0.2) is 0 Å². The van der Waals surface area contributed by atoms with E-state index in [1.807, 2.05) is 12.1 Å². The highest BCUT2D eigenvalue weighted by Crippen LogP contribution is 2.15. The number of nitriles is 1. The van der Waals surface area contributed by atoms with Crippen LogP contribution in [0, 0.1) is 11.3 Å². The molecule has 0 atom stereocenters. The summed E-state index contributed by atoms with van der Waals surface area (Å²) < 4.78 is 0. The summed E-state index contributed by atoms with van der Waals surface area (Å²) in [6.07, 6.45) is 1.48. The van der Waals surface area contributed by atoms with E-state index < -0.39 is 0 Å². The predicted octanol–water partition coefficient (Wildman–Crippen LogP) is 1.52. The second kappa shape index (κ2) is 4.60. The molecule has 0 aromatic heterocycles. The molecule has 0 amide bonds. The molecule has 1 heterocycles. The highest BCUT2D eigenvalue weighted by Gasteiger charge is 2.24. The van der Waals surface area contributed by atoms with Crippen LogP contribution in [0.25, 0.3) is 0 Å². The van der Waals surface area contributed by atoms with Gasteiger partial charge in [-0.3, -0.25) is 0 Å². The summed E-state index contributed by atoms with van der Waals surface area (Å²) in [6, 6.07) is 10.8. The fourth-order valence-electron chi connectivity index (χ4n) is 1.40. The molecule has 1 aromatic rings. The molecule has 80 valence electrons. The second-order valence-corrected chi connectivity index (χ2v) is 3.47. The number of allylic oxidation sites excluding steroid dienone is 1. The number of nitrogens with zero attached hydrogens (tertiary/aromatic N) is 2. The summed E-state index contributed by atoms with van der Waals surface area (Å²) in [6.45, 7) is 1.04. The number of hydrogen-bond donors (Lipinski definition) is 0.